The Kier molecular flexibility index (Phi) is 4.41. The molecule has 3 heteroatoms. The third-order valence-electron chi connectivity index (χ3n) is 3.13. The SMILES string of the molecule is CC(=O)Nc1ccc(NC(C)c2cccc(C)c2)cc1. The maximum absolute atomic E-state index is 11.0. The van der Waals surface area contributed by atoms with Gasteiger partial charge in [0, 0.05) is 24.3 Å². The number of nitrogens with one attached hydrogen (secondary N) is 2. The molecule has 1 amide bonds. The van der Waals surface area contributed by atoms with Gasteiger partial charge in [0.25, 0.3) is 0 Å². The lowest BCUT2D eigenvalue weighted by molar-refractivity contribution is -0.114. The van der Waals surface area contributed by atoms with E-state index in [9.17, 15) is 4.79 Å². The van der Waals surface area contributed by atoms with Gasteiger partial charge >= 0.3 is 0 Å². The van der Waals surface area contributed by atoms with E-state index in [-0.39, 0.29) is 11.9 Å². The van der Waals surface area contributed by atoms with Crippen LogP contribution in [0, 0.1) is 6.92 Å². The quantitative estimate of drug-likeness (QED) is 0.875. The third-order valence-corrected chi connectivity index (χ3v) is 3.13. The van der Waals surface area contributed by atoms with Gasteiger partial charge in [-0.15, -0.1) is 0 Å². The van der Waals surface area contributed by atoms with Gasteiger partial charge in [-0.3, -0.25) is 4.79 Å². The minimum atomic E-state index is -0.0566. The van der Waals surface area contributed by atoms with Crippen LogP contribution < -0.4 is 10.6 Å². The standard InChI is InChI=1S/C17H20N2O/c1-12-5-4-6-15(11-12)13(2)18-16-7-9-17(10-8-16)19-14(3)20/h4-11,13,18H,1-3H3,(H,19,20). The predicted molar refractivity (Wildman–Crippen MR) is 84.0 cm³/mol. The first kappa shape index (κ1) is 14.1. The van der Waals surface area contributed by atoms with Crippen molar-refractivity contribution in [2.24, 2.45) is 0 Å². The Balaban J connectivity index is 2.04. The Labute approximate surface area is 120 Å². The van der Waals surface area contributed by atoms with Gasteiger partial charge in [0.2, 0.25) is 5.91 Å². The van der Waals surface area contributed by atoms with E-state index < -0.39 is 0 Å². The summed E-state index contributed by atoms with van der Waals surface area (Å²) in [5, 5.41) is 6.21. The van der Waals surface area contributed by atoms with Crippen LogP contribution in [0.1, 0.15) is 31.0 Å². The van der Waals surface area contributed by atoms with Gasteiger partial charge in [-0.25, -0.2) is 0 Å². The van der Waals surface area contributed by atoms with Crippen molar-refractivity contribution in [3.63, 3.8) is 0 Å². The van der Waals surface area contributed by atoms with Crippen LogP contribution >= 0.6 is 0 Å². The summed E-state index contributed by atoms with van der Waals surface area (Å²) >= 11 is 0. The molecule has 2 N–H and O–H groups in total. The molecule has 104 valence electrons. The number of aryl methyl sites for hydroxylation is 1. The largest absolute Gasteiger partial charge is 0.379 e. The van der Waals surface area contributed by atoms with E-state index in [0.29, 0.717) is 0 Å². The fourth-order valence-electron chi connectivity index (χ4n) is 2.13. The predicted octanol–water partition coefficient (Wildman–Crippen LogP) is 4.13. The molecule has 3 nitrogen and oxygen atoms in total. The maximum atomic E-state index is 11.0. The molecular weight excluding hydrogens is 248 g/mol. The van der Waals surface area contributed by atoms with Crippen molar-refractivity contribution in [3.8, 4) is 0 Å². The molecule has 0 fully saturated rings. The normalized spacial score (nSPS) is 11.8. The zero-order chi connectivity index (χ0) is 14.5. The van der Waals surface area contributed by atoms with Crippen molar-refractivity contribution in [1.82, 2.24) is 0 Å². The number of anilines is 2. The van der Waals surface area contributed by atoms with Gasteiger partial charge in [0.1, 0.15) is 0 Å². The van der Waals surface area contributed by atoms with Gasteiger partial charge < -0.3 is 10.6 Å². The van der Waals surface area contributed by atoms with Crippen molar-refractivity contribution in [3.05, 3.63) is 59.7 Å². The Morgan fingerprint density at radius 2 is 1.70 bits per heavy atom. The number of hydrogen-bond donors (Lipinski definition) is 2. The molecule has 2 rings (SSSR count). The highest BCUT2D eigenvalue weighted by Crippen LogP contribution is 2.21. The van der Waals surface area contributed by atoms with Gasteiger partial charge in [-0.1, -0.05) is 29.8 Å². The van der Waals surface area contributed by atoms with E-state index in [1.54, 1.807) is 0 Å². The van der Waals surface area contributed by atoms with Crippen molar-refractivity contribution < 1.29 is 4.79 Å². The first-order valence-corrected chi connectivity index (χ1v) is 6.75. The Morgan fingerprint density at radius 3 is 2.30 bits per heavy atom. The molecule has 2 aromatic carbocycles. The molecular formula is C17H20N2O. The van der Waals surface area contributed by atoms with Crippen LogP contribution in [0.3, 0.4) is 0 Å². The summed E-state index contributed by atoms with van der Waals surface area (Å²) in [6.45, 7) is 5.74. The fraction of sp³-hybridized carbons (Fsp3) is 0.235. The summed E-state index contributed by atoms with van der Waals surface area (Å²) in [4.78, 5) is 11.0. The molecule has 2 aromatic rings. The van der Waals surface area contributed by atoms with Crippen molar-refractivity contribution >= 4 is 17.3 Å². The molecule has 0 saturated carbocycles. The monoisotopic (exact) mass is 268 g/mol. The van der Waals surface area contributed by atoms with Crippen LogP contribution in [0.15, 0.2) is 48.5 Å². The lowest BCUT2D eigenvalue weighted by atomic mass is 10.1. The second kappa shape index (κ2) is 6.24. The second-order valence-electron chi connectivity index (χ2n) is 5.04. The fourth-order valence-corrected chi connectivity index (χ4v) is 2.13. The summed E-state index contributed by atoms with van der Waals surface area (Å²) in [5.74, 6) is -0.0566. The topological polar surface area (TPSA) is 41.1 Å². The highest BCUT2D eigenvalue weighted by molar-refractivity contribution is 5.88. The molecule has 1 atom stereocenters. The highest BCUT2D eigenvalue weighted by atomic mass is 16.1. The first-order valence-electron chi connectivity index (χ1n) is 6.75. The van der Waals surface area contributed by atoms with Gasteiger partial charge in [-0.05, 0) is 43.7 Å². The van der Waals surface area contributed by atoms with E-state index in [1.165, 1.54) is 18.1 Å². The van der Waals surface area contributed by atoms with E-state index >= 15 is 0 Å². The van der Waals surface area contributed by atoms with Crippen LogP contribution in [-0.2, 0) is 4.79 Å². The molecule has 20 heavy (non-hydrogen) atoms. The minimum absolute atomic E-state index is 0.0566. The zero-order valence-electron chi connectivity index (χ0n) is 12.1. The van der Waals surface area contributed by atoms with Crippen LogP contribution in [0.5, 0.6) is 0 Å². The van der Waals surface area contributed by atoms with Crippen molar-refractivity contribution in [2.75, 3.05) is 10.6 Å². The zero-order valence-corrected chi connectivity index (χ0v) is 12.1. The first-order chi connectivity index (χ1) is 9.54. The molecule has 0 heterocycles. The van der Waals surface area contributed by atoms with Gasteiger partial charge in [-0.2, -0.15) is 0 Å². The Bertz CT molecular complexity index is 590. The smallest absolute Gasteiger partial charge is 0.221 e. The highest BCUT2D eigenvalue weighted by Gasteiger charge is 2.05. The summed E-state index contributed by atoms with van der Waals surface area (Å²) in [6.07, 6.45) is 0. The summed E-state index contributed by atoms with van der Waals surface area (Å²) in [6, 6.07) is 16.4. The summed E-state index contributed by atoms with van der Waals surface area (Å²) in [7, 11) is 0. The molecule has 0 aromatic heterocycles. The summed E-state index contributed by atoms with van der Waals surface area (Å²) in [5.41, 5.74) is 4.37. The van der Waals surface area contributed by atoms with E-state index in [2.05, 4.69) is 48.7 Å². The van der Waals surface area contributed by atoms with Gasteiger partial charge in [0.15, 0.2) is 0 Å². The van der Waals surface area contributed by atoms with Crippen LogP contribution in [0.25, 0.3) is 0 Å². The maximum Gasteiger partial charge on any atom is 0.221 e. The van der Waals surface area contributed by atoms with Crippen molar-refractivity contribution in [1.29, 1.82) is 0 Å². The second-order valence-corrected chi connectivity index (χ2v) is 5.04. The number of hydrogen-bond acceptors (Lipinski definition) is 2. The number of carbonyl (C=O) groups excluding carboxylic acids is 1. The minimum Gasteiger partial charge on any atom is -0.379 e. The van der Waals surface area contributed by atoms with Gasteiger partial charge in [0.05, 0.1) is 0 Å². The molecule has 1 unspecified atom stereocenters. The Hall–Kier alpha value is -2.29. The number of carbonyl (C=O) groups is 1. The molecule has 0 saturated heterocycles. The summed E-state index contributed by atoms with van der Waals surface area (Å²) < 4.78 is 0. The number of benzene rings is 2. The van der Waals surface area contributed by atoms with Crippen LogP contribution in [0.2, 0.25) is 0 Å². The Morgan fingerprint density at radius 1 is 1.05 bits per heavy atom. The van der Waals surface area contributed by atoms with E-state index in [0.717, 1.165) is 11.4 Å². The average Bonchev–Trinajstić information content (AvgIpc) is 2.40. The molecule has 0 spiro atoms. The number of amides is 1. The van der Waals surface area contributed by atoms with Crippen LogP contribution in [-0.4, -0.2) is 5.91 Å². The molecule has 0 aliphatic carbocycles. The average molecular weight is 268 g/mol. The molecule has 0 aliphatic heterocycles. The molecule has 0 bridgehead atoms. The van der Waals surface area contributed by atoms with E-state index in [1.807, 2.05) is 24.3 Å². The lowest BCUT2D eigenvalue weighted by Gasteiger charge is -2.16. The lowest BCUT2D eigenvalue weighted by Crippen LogP contribution is -2.08. The number of rotatable bonds is 4. The van der Waals surface area contributed by atoms with Crippen molar-refractivity contribution in [2.45, 2.75) is 26.8 Å². The molecule has 0 aliphatic rings. The van der Waals surface area contributed by atoms with E-state index in [4.69, 9.17) is 0 Å². The van der Waals surface area contributed by atoms with Crippen LogP contribution in [0.4, 0.5) is 11.4 Å². The third kappa shape index (κ3) is 3.85. The molecule has 0 radical (unpaired) electrons.